The Labute approximate surface area is 85.6 Å². The van der Waals surface area contributed by atoms with Crippen LogP contribution in [-0.2, 0) is 0 Å². The van der Waals surface area contributed by atoms with E-state index in [4.69, 9.17) is 5.73 Å². The lowest BCUT2D eigenvalue weighted by atomic mass is 9.95. The van der Waals surface area contributed by atoms with Gasteiger partial charge in [-0.3, -0.25) is 4.99 Å². The van der Waals surface area contributed by atoms with Crippen molar-refractivity contribution in [1.82, 2.24) is 5.32 Å². The van der Waals surface area contributed by atoms with Crippen LogP contribution in [0.2, 0.25) is 0 Å². The van der Waals surface area contributed by atoms with Gasteiger partial charge in [0.1, 0.15) is 0 Å². The van der Waals surface area contributed by atoms with Crippen molar-refractivity contribution in [1.29, 1.82) is 0 Å². The summed E-state index contributed by atoms with van der Waals surface area (Å²) in [6.45, 7) is 0.524. The number of hydrogen-bond donors (Lipinski definition) is 3. The molecule has 4 N–H and O–H groups in total. The number of rotatable bonds is 2. The zero-order valence-electron chi connectivity index (χ0n) is 8.92. The van der Waals surface area contributed by atoms with Crippen LogP contribution in [0.1, 0.15) is 38.5 Å². The largest absolute Gasteiger partial charge is 0.388 e. The maximum Gasteiger partial charge on any atom is 0.188 e. The fourth-order valence-corrected chi connectivity index (χ4v) is 1.90. The van der Waals surface area contributed by atoms with Crippen LogP contribution in [0.3, 0.4) is 0 Å². The fourth-order valence-electron chi connectivity index (χ4n) is 1.90. The minimum Gasteiger partial charge on any atom is -0.388 e. The van der Waals surface area contributed by atoms with Gasteiger partial charge in [0.25, 0.3) is 0 Å². The molecule has 0 amide bonds. The second-order valence-corrected chi connectivity index (χ2v) is 4.10. The maximum absolute atomic E-state index is 10.2. The molecule has 0 radical (unpaired) electrons. The third-order valence-electron chi connectivity index (χ3n) is 2.87. The number of nitrogens with zero attached hydrogens (tertiary/aromatic N) is 1. The predicted molar refractivity (Wildman–Crippen MR) is 58.2 cm³/mol. The van der Waals surface area contributed by atoms with Crippen molar-refractivity contribution in [3.05, 3.63) is 0 Å². The predicted octanol–water partition coefficient (Wildman–Crippen LogP) is 0.606. The van der Waals surface area contributed by atoms with E-state index in [9.17, 15) is 5.11 Å². The normalized spacial score (nSPS) is 22.9. The smallest absolute Gasteiger partial charge is 0.188 e. The van der Waals surface area contributed by atoms with Gasteiger partial charge in [-0.25, -0.2) is 0 Å². The topological polar surface area (TPSA) is 70.6 Å². The van der Waals surface area contributed by atoms with Crippen LogP contribution >= 0.6 is 0 Å². The molecule has 0 aromatic carbocycles. The van der Waals surface area contributed by atoms with E-state index in [0.717, 1.165) is 25.7 Å². The standard InChI is InChI=1S/C10H21N3O/c1-12-9(11)13-8-10(14)6-4-2-3-5-7-10/h14H,2-8H2,1H3,(H3,11,12,13). The molecule has 0 bridgehead atoms. The quantitative estimate of drug-likeness (QED) is 0.346. The maximum atomic E-state index is 10.2. The number of aliphatic hydroxyl groups is 1. The van der Waals surface area contributed by atoms with Crippen LogP contribution in [0.5, 0.6) is 0 Å². The molecule has 0 heterocycles. The average Bonchev–Trinajstić information content (AvgIpc) is 2.40. The summed E-state index contributed by atoms with van der Waals surface area (Å²) >= 11 is 0. The van der Waals surface area contributed by atoms with Crippen LogP contribution in [-0.4, -0.2) is 30.3 Å². The Morgan fingerprint density at radius 2 is 1.93 bits per heavy atom. The molecule has 0 unspecified atom stereocenters. The first-order chi connectivity index (χ1) is 6.66. The summed E-state index contributed by atoms with van der Waals surface area (Å²) in [5, 5.41) is 13.2. The molecule has 82 valence electrons. The molecule has 0 aliphatic heterocycles. The van der Waals surface area contributed by atoms with E-state index < -0.39 is 5.60 Å². The summed E-state index contributed by atoms with van der Waals surface area (Å²) in [7, 11) is 1.64. The van der Waals surface area contributed by atoms with E-state index in [2.05, 4.69) is 10.3 Å². The first-order valence-corrected chi connectivity index (χ1v) is 5.35. The number of nitrogens with one attached hydrogen (secondary N) is 1. The van der Waals surface area contributed by atoms with Crippen LogP contribution in [0.25, 0.3) is 0 Å². The van der Waals surface area contributed by atoms with Gasteiger partial charge in [0.2, 0.25) is 0 Å². The molecular formula is C10H21N3O. The van der Waals surface area contributed by atoms with Gasteiger partial charge in [-0.15, -0.1) is 0 Å². The molecule has 1 aliphatic carbocycles. The van der Waals surface area contributed by atoms with Crippen molar-refractivity contribution in [2.75, 3.05) is 13.6 Å². The Hall–Kier alpha value is -0.770. The van der Waals surface area contributed by atoms with E-state index in [-0.39, 0.29) is 0 Å². The van der Waals surface area contributed by atoms with Gasteiger partial charge < -0.3 is 16.2 Å². The van der Waals surface area contributed by atoms with Crippen molar-refractivity contribution in [3.63, 3.8) is 0 Å². The Bertz CT molecular complexity index is 196. The van der Waals surface area contributed by atoms with Crippen molar-refractivity contribution >= 4 is 5.96 Å². The van der Waals surface area contributed by atoms with Gasteiger partial charge in [0.15, 0.2) is 5.96 Å². The molecule has 0 aromatic rings. The monoisotopic (exact) mass is 199 g/mol. The molecule has 4 nitrogen and oxygen atoms in total. The second-order valence-electron chi connectivity index (χ2n) is 4.10. The van der Waals surface area contributed by atoms with Gasteiger partial charge in [0, 0.05) is 13.6 Å². The molecule has 4 heteroatoms. The van der Waals surface area contributed by atoms with E-state index in [1.807, 2.05) is 0 Å². The van der Waals surface area contributed by atoms with Crippen LogP contribution in [0.15, 0.2) is 4.99 Å². The lowest BCUT2D eigenvalue weighted by molar-refractivity contribution is 0.0295. The minimum atomic E-state index is -0.578. The third kappa shape index (κ3) is 3.54. The summed E-state index contributed by atoms with van der Waals surface area (Å²) in [5.41, 5.74) is 4.94. The summed E-state index contributed by atoms with van der Waals surface area (Å²) < 4.78 is 0. The SMILES string of the molecule is CN=C(N)NCC1(O)CCCCCC1. The minimum absolute atomic E-state index is 0.405. The number of hydrogen-bond acceptors (Lipinski definition) is 2. The highest BCUT2D eigenvalue weighted by atomic mass is 16.3. The molecule has 0 aromatic heterocycles. The fraction of sp³-hybridized carbons (Fsp3) is 0.900. The molecule has 0 atom stereocenters. The first-order valence-electron chi connectivity index (χ1n) is 5.35. The summed E-state index contributed by atoms with van der Waals surface area (Å²) in [6.07, 6.45) is 6.44. The van der Waals surface area contributed by atoms with Crippen molar-refractivity contribution in [3.8, 4) is 0 Å². The van der Waals surface area contributed by atoms with E-state index in [0.29, 0.717) is 12.5 Å². The third-order valence-corrected chi connectivity index (χ3v) is 2.87. The van der Waals surface area contributed by atoms with Gasteiger partial charge >= 0.3 is 0 Å². The zero-order chi connectivity index (χ0) is 10.4. The Morgan fingerprint density at radius 3 is 2.43 bits per heavy atom. The highest BCUT2D eigenvalue weighted by Crippen LogP contribution is 2.26. The molecule has 14 heavy (non-hydrogen) atoms. The molecule has 0 saturated heterocycles. The lowest BCUT2D eigenvalue weighted by Gasteiger charge is -2.26. The Balaban J connectivity index is 2.39. The second kappa shape index (κ2) is 5.20. The first kappa shape index (κ1) is 11.3. The lowest BCUT2D eigenvalue weighted by Crippen LogP contribution is -2.45. The zero-order valence-corrected chi connectivity index (χ0v) is 8.92. The summed E-state index contributed by atoms with van der Waals surface area (Å²) in [6, 6.07) is 0. The van der Waals surface area contributed by atoms with Gasteiger partial charge in [-0.05, 0) is 12.8 Å². The van der Waals surface area contributed by atoms with Crippen molar-refractivity contribution in [2.45, 2.75) is 44.1 Å². The highest BCUT2D eigenvalue weighted by Gasteiger charge is 2.27. The average molecular weight is 199 g/mol. The van der Waals surface area contributed by atoms with Crippen molar-refractivity contribution in [2.24, 2.45) is 10.7 Å². The van der Waals surface area contributed by atoms with E-state index in [1.54, 1.807) is 7.05 Å². The van der Waals surface area contributed by atoms with Gasteiger partial charge in [-0.2, -0.15) is 0 Å². The van der Waals surface area contributed by atoms with Gasteiger partial charge in [-0.1, -0.05) is 25.7 Å². The summed E-state index contributed by atoms with van der Waals surface area (Å²) in [5.74, 6) is 0.405. The number of nitrogens with two attached hydrogens (primary N) is 1. The van der Waals surface area contributed by atoms with E-state index in [1.165, 1.54) is 12.8 Å². The Morgan fingerprint density at radius 1 is 1.36 bits per heavy atom. The molecular weight excluding hydrogens is 178 g/mol. The van der Waals surface area contributed by atoms with Crippen molar-refractivity contribution < 1.29 is 5.11 Å². The summed E-state index contributed by atoms with van der Waals surface area (Å²) in [4.78, 5) is 3.80. The molecule has 1 aliphatic rings. The molecule has 1 fully saturated rings. The highest BCUT2D eigenvalue weighted by molar-refractivity contribution is 5.77. The molecule has 1 rings (SSSR count). The number of guanidine groups is 1. The van der Waals surface area contributed by atoms with Crippen LogP contribution < -0.4 is 11.1 Å². The van der Waals surface area contributed by atoms with E-state index >= 15 is 0 Å². The molecule has 0 spiro atoms. The number of aliphatic imine (C=N–C) groups is 1. The Kier molecular flexibility index (Phi) is 4.20. The molecule has 1 saturated carbocycles. The van der Waals surface area contributed by atoms with Crippen LogP contribution in [0, 0.1) is 0 Å². The van der Waals surface area contributed by atoms with Crippen LogP contribution in [0.4, 0.5) is 0 Å². The van der Waals surface area contributed by atoms with Gasteiger partial charge in [0.05, 0.1) is 5.60 Å².